The number of hydrogen-bond donors (Lipinski definition) is 1. The molecule has 0 aliphatic carbocycles. The van der Waals surface area contributed by atoms with Crippen LogP contribution in [0.1, 0.15) is 31.9 Å². The van der Waals surface area contributed by atoms with Crippen molar-refractivity contribution in [3.8, 4) is 0 Å². The molecule has 0 aromatic carbocycles. The van der Waals surface area contributed by atoms with E-state index in [1.165, 1.54) is 0 Å². The Morgan fingerprint density at radius 2 is 2.23 bits per heavy atom. The third-order valence-corrected chi connectivity index (χ3v) is 2.46. The lowest BCUT2D eigenvalue weighted by Crippen LogP contribution is -2.30. The molecule has 13 heavy (non-hydrogen) atoms. The molecule has 0 fully saturated rings. The molecule has 0 aliphatic heterocycles. The van der Waals surface area contributed by atoms with Crippen LogP contribution in [0.3, 0.4) is 0 Å². The fraction of sp³-hybridized carbons (Fsp3) is 0.600. The Hall–Kier alpha value is -0.960. The number of hydrogen-bond acceptors (Lipinski definition) is 3. The second-order valence-corrected chi connectivity index (χ2v) is 3.22. The van der Waals surface area contributed by atoms with Gasteiger partial charge in [0.05, 0.1) is 5.69 Å². The van der Waals surface area contributed by atoms with E-state index in [4.69, 9.17) is 0 Å². The van der Waals surface area contributed by atoms with E-state index in [0.717, 1.165) is 12.1 Å². The Morgan fingerprint density at radius 1 is 1.46 bits per heavy atom. The highest BCUT2D eigenvalue weighted by Crippen LogP contribution is 2.17. The third-order valence-electron chi connectivity index (χ3n) is 2.46. The summed E-state index contributed by atoms with van der Waals surface area (Å²) in [4.78, 5) is 8.36. The van der Waals surface area contributed by atoms with Gasteiger partial charge in [0.2, 0.25) is 0 Å². The van der Waals surface area contributed by atoms with Crippen molar-refractivity contribution in [1.29, 1.82) is 0 Å². The molecular weight excluding hydrogens is 162 g/mol. The number of nitrogens with one attached hydrogen (secondary N) is 1. The zero-order valence-corrected chi connectivity index (χ0v) is 8.49. The van der Waals surface area contributed by atoms with Gasteiger partial charge in [-0.15, -0.1) is 0 Å². The van der Waals surface area contributed by atoms with E-state index in [1.807, 2.05) is 13.2 Å². The summed E-state index contributed by atoms with van der Waals surface area (Å²) in [5.41, 5.74) is 1.06. The van der Waals surface area contributed by atoms with E-state index in [-0.39, 0.29) is 0 Å². The lowest BCUT2D eigenvalue weighted by molar-refractivity contribution is 0.464. The lowest BCUT2D eigenvalue weighted by Gasteiger charge is -2.20. The van der Waals surface area contributed by atoms with E-state index in [1.54, 1.807) is 12.4 Å². The van der Waals surface area contributed by atoms with Gasteiger partial charge in [0, 0.05) is 30.6 Å². The average Bonchev–Trinajstić information content (AvgIpc) is 2.21. The molecule has 1 N–H and O–H groups in total. The van der Waals surface area contributed by atoms with Crippen molar-refractivity contribution in [3.63, 3.8) is 0 Å². The van der Waals surface area contributed by atoms with Gasteiger partial charge in [0.1, 0.15) is 0 Å². The zero-order valence-electron chi connectivity index (χ0n) is 8.49. The number of aromatic nitrogens is 2. The van der Waals surface area contributed by atoms with Crippen molar-refractivity contribution in [1.82, 2.24) is 15.3 Å². The van der Waals surface area contributed by atoms with Crippen molar-refractivity contribution < 1.29 is 0 Å². The number of rotatable bonds is 4. The minimum atomic E-state index is 0.420. The Balaban J connectivity index is 2.72. The van der Waals surface area contributed by atoms with Gasteiger partial charge in [0.15, 0.2) is 0 Å². The predicted molar refractivity (Wildman–Crippen MR) is 53.6 cm³/mol. The van der Waals surface area contributed by atoms with Crippen LogP contribution >= 0.6 is 0 Å². The molecule has 0 aliphatic rings. The van der Waals surface area contributed by atoms with Crippen molar-refractivity contribution in [2.45, 2.75) is 32.2 Å². The maximum Gasteiger partial charge on any atom is 0.0630 e. The summed E-state index contributed by atoms with van der Waals surface area (Å²) in [7, 11) is 1.99. The van der Waals surface area contributed by atoms with Gasteiger partial charge >= 0.3 is 0 Å². The van der Waals surface area contributed by atoms with Gasteiger partial charge in [-0.25, -0.2) is 0 Å². The Morgan fingerprint density at radius 3 is 2.69 bits per heavy atom. The zero-order chi connectivity index (χ0) is 9.68. The fourth-order valence-electron chi connectivity index (χ4n) is 1.56. The normalized spacial score (nSPS) is 15.3. The van der Waals surface area contributed by atoms with Crippen LogP contribution in [-0.4, -0.2) is 23.1 Å². The highest BCUT2D eigenvalue weighted by Gasteiger charge is 2.15. The van der Waals surface area contributed by atoms with Gasteiger partial charge in [-0.1, -0.05) is 13.8 Å². The summed E-state index contributed by atoms with van der Waals surface area (Å²) in [5.74, 6) is 0.420. The highest BCUT2D eigenvalue weighted by atomic mass is 14.9. The Kier molecular flexibility index (Phi) is 3.83. The van der Waals surface area contributed by atoms with Crippen LogP contribution in [0.4, 0.5) is 0 Å². The summed E-state index contributed by atoms with van der Waals surface area (Å²) >= 11 is 0. The summed E-state index contributed by atoms with van der Waals surface area (Å²) in [6.07, 6.45) is 6.39. The monoisotopic (exact) mass is 179 g/mol. The molecule has 2 atom stereocenters. The minimum Gasteiger partial charge on any atom is -0.316 e. The summed E-state index contributed by atoms with van der Waals surface area (Å²) < 4.78 is 0. The van der Waals surface area contributed by atoms with E-state index in [9.17, 15) is 0 Å². The minimum absolute atomic E-state index is 0.420. The molecule has 2 unspecified atom stereocenters. The van der Waals surface area contributed by atoms with Crippen LogP contribution in [0.15, 0.2) is 18.6 Å². The van der Waals surface area contributed by atoms with Crippen molar-refractivity contribution in [2.75, 3.05) is 7.05 Å². The quantitative estimate of drug-likeness (QED) is 0.762. The first-order valence-corrected chi connectivity index (χ1v) is 4.72. The maximum absolute atomic E-state index is 4.29. The lowest BCUT2D eigenvalue weighted by atomic mass is 9.97. The molecule has 3 heteroatoms. The predicted octanol–water partition coefficient (Wildman–Crippen LogP) is 1.58. The second-order valence-electron chi connectivity index (χ2n) is 3.22. The van der Waals surface area contributed by atoms with Crippen LogP contribution in [-0.2, 0) is 0 Å². The van der Waals surface area contributed by atoms with Crippen LogP contribution < -0.4 is 5.32 Å². The molecule has 1 aromatic heterocycles. The van der Waals surface area contributed by atoms with E-state index in [2.05, 4.69) is 29.1 Å². The average molecular weight is 179 g/mol. The molecule has 0 bridgehead atoms. The van der Waals surface area contributed by atoms with Gasteiger partial charge in [-0.3, -0.25) is 9.97 Å². The Labute approximate surface area is 79.6 Å². The van der Waals surface area contributed by atoms with Crippen LogP contribution in [0.5, 0.6) is 0 Å². The molecule has 0 amide bonds. The molecule has 1 aromatic rings. The molecule has 0 radical (unpaired) electrons. The van der Waals surface area contributed by atoms with Crippen molar-refractivity contribution in [3.05, 3.63) is 24.3 Å². The maximum atomic E-state index is 4.29. The molecule has 1 rings (SSSR count). The molecule has 0 saturated carbocycles. The Bertz CT molecular complexity index is 231. The standard InChI is InChI=1S/C10H17N3/c1-4-9(11-3)8(2)10-7-12-5-6-13-10/h5-9,11H,4H2,1-3H3. The largest absolute Gasteiger partial charge is 0.316 e. The molecule has 1 heterocycles. The summed E-state index contributed by atoms with van der Waals surface area (Å²) in [6, 6.07) is 0.483. The topological polar surface area (TPSA) is 37.8 Å². The highest BCUT2D eigenvalue weighted by molar-refractivity contribution is 5.05. The van der Waals surface area contributed by atoms with Crippen molar-refractivity contribution in [2.24, 2.45) is 0 Å². The molecular formula is C10H17N3. The third kappa shape index (κ3) is 2.49. The van der Waals surface area contributed by atoms with Crippen molar-refractivity contribution >= 4 is 0 Å². The summed E-state index contributed by atoms with van der Waals surface area (Å²) in [6.45, 7) is 4.35. The van der Waals surface area contributed by atoms with E-state index in [0.29, 0.717) is 12.0 Å². The SMILES string of the molecule is CCC(NC)C(C)c1cnccn1. The second kappa shape index (κ2) is 4.92. The smallest absolute Gasteiger partial charge is 0.0630 e. The molecule has 0 spiro atoms. The van der Waals surface area contributed by atoms with Gasteiger partial charge in [-0.2, -0.15) is 0 Å². The summed E-state index contributed by atoms with van der Waals surface area (Å²) in [5, 5.41) is 3.28. The number of likely N-dealkylation sites (N-methyl/N-ethyl adjacent to an activating group) is 1. The number of nitrogens with zero attached hydrogens (tertiary/aromatic N) is 2. The van der Waals surface area contributed by atoms with Crippen LogP contribution in [0.2, 0.25) is 0 Å². The first-order chi connectivity index (χ1) is 6.29. The molecule has 0 saturated heterocycles. The van der Waals surface area contributed by atoms with Crippen LogP contribution in [0.25, 0.3) is 0 Å². The van der Waals surface area contributed by atoms with E-state index < -0.39 is 0 Å². The van der Waals surface area contributed by atoms with Gasteiger partial charge < -0.3 is 5.32 Å². The van der Waals surface area contributed by atoms with Gasteiger partial charge in [0.25, 0.3) is 0 Å². The molecule has 3 nitrogen and oxygen atoms in total. The first-order valence-electron chi connectivity index (χ1n) is 4.72. The fourth-order valence-corrected chi connectivity index (χ4v) is 1.56. The van der Waals surface area contributed by atoms with E-state index >= 15 is 0 Å². The van der Waals surface area contributed by atoms with Gasteiger partial charge in [-0.05, 0) is 13.5 Å². The molecule has 72 valence electrons. The first kappa shape index (κ1) is 10.1. The van der Waals surface area contributed by atoms with Crippen LogP contribution in [0, 0.1) is 0 Å².